The molecule has 9 heteroatoms. The molecule has 0 aliphatic carbocycles. The number of hydrogen-bond acceptors (Lipinski definition) is 7. The molecule has 2 aromatic rings. The van der Waals surface area contributed by atoms with E-state index in [1.165, 1.54) is 4.90 Å². The minimum absolute atomic E-state index is 0.0933. The van der Waals surface area contributed by atoms with Crippen molar-refractivity contribution in [1.29, 1.82) is 0 Å². The minimum atomic E-state index is -0.587. The SMILES string of the molecule is CCNC(=O)c1cccc(NC(=O)COC(=O)CN(C)c2ncccn2)c1. The van der Waals surface area contributed by atoms with Crippen molar-refractivity contribution in [2.24, 2.45) is 0 Å². The van der Waals surface area contributed by atoms with E-state index in [1.54, 1.807) is 49.8 Å². The molecule has 0 radical (unpaired) electrons. The molecule has 0 saturated carbocycles. The van der Waals surface area contributed by atoms with Gasteiger partial charge in [-0.25, -0.2) is 9.97 Å². The summed E-state index contributed by atoms with van der Waals surface area (Å²) in [5.74, 6) is -0.946. The van der Waals surface area contributed by atoms with Gasteiger partial charge in [-0.1, -0.05) is 6.07 Å². The molecule has 0 aliphatic rings. The van der Waals surface area contributed by atoms with Crippen LogP contribution in [0, 0.1) is 0 Å². The maximum absolute atomic E-state index is 12.0. The third-order valence-electron chi connectivity index (χ3n) is 3.37. The quantitative estimate of drug-likeness (QED) is 0.661. The first-order chi connectivity index (χ1) is 13.0. The van der Waals surface area contributed by atoms with Crippen LogP contribution in [0.3, 0.4) is 0 Å². The van der Waals surface area contributed by atoms with Gasteiger partial charge in [0.15, 0.2) is 6.61 Å². The number of carbonyl (C=O) groups excluding carboxylic acids is 3. The second kappa shape index (κ2) is 9.85. The number of nitrogens with one attached hydrogen (secondary N) is 2. The number of nitrogens with zero attached hydrogens (tertiary/aromatic N) is 3. The summed E-state index contributed by atoms with van der Waals surface area (Å²) >= 11 is 0. The molecule has 0 atom stereocenters. The van der Waals surface area contributed by atoms with Crippen molar-refractivity contribution in [1.82, 2.24) is 15.3 Å². The highest BCUT2D eigenvalue weighted by Gasteiger charge is 2.13. The van der Waals surface area contributed by atoms with Crippen molar-refractivity contribution in [3.63, 3.8) is 0 Å². The van der Waals surface area contributed by atoms with Gasteiger partial charge in [-0.15, -0.1) is 0 Å². The van der Waals surface area contributed by atoms with Crippen LogP contribution in [0.4, 0.5) is 11.6 Å². The van der Waals surface area contributed by atoms with Crippen LogP contribution in [0.25, 0.3) is 0 Å². The number of aromatic nitrogens is 2. The molecule has 27 heavy (non-hydrogen) atoms. The number of hydrogen-bond donors (Lipinski definition) is 2. The lowest BCUT2D eigenvalue weighted by Gasteiger charge is -2.15. The zero-order valence-electron chi connectivity index (χ0n) is 15.1. The maximum Gasteiger partial charge on any atom is 0.326 e. The van der Waals surface area contributed by atoms with Crippen molar-refractivity contribution in [3.05, 3.63) is 48.3 Å². The smallest absolute Gasteiger partial charge is 0.326 e. The Hall–Kier alpha value is -3.49. The number of rotatable bonds is 8. The molecular formula is C18H21N5O4. The van der Waals surface area contributed by atoms with Gasteiger partial charge in [0.2, 0.25) is 5.95 Å². The number of likely N-dealkylation sites (N-methyl/N-ethyl adjacent to an activating group) is 1. The van der Waals surface area contributed by atoms with Crippen molar-refractivity contribution in [2.45, 2.75) is 6.92 Å². The second-order valence-electron chi connectivity index (χ2n) is 5.55. The van der Waals surface area contributed by atoms with Gasteiger partial charge in [0.1, 0.15) is 6.54 Å². The predicted octanol–water partition coefficient (Wildman–Crippen LogP) is 0.844. The van der Waals surface area contributed by atoms with Gasteiger partial charge in [0, 0.05) is 37.2 Å². The van der Waals surface area contributed by atoms with Crippen LogP contribution in [0.1, 0.15) is 17.3 Å². The van der Waals surface area contributed by atoms with Gasteiger partial charge in [0.05, 0.1) is 0 Å². The number of esters is 1. The summed E-state index contributed by atoms with van der Waals surface area (Å²) in [6.45, 7) is 1.80. The molecule has 1 aromatic heterocycles. The third kappa shape index (κ3) is 6.38. The summed E-state index contributed by atoms with van der Waals surface area (Å²) in [5, 5.41) is 5.26. The Balaban J connectivity index is 1.81. The van der Waals surface area contributed by atoms with Crippen LogP contribution in [-0.4, -0.2) is 54.5 Å². The van der Waals surface area contributed by atoms with E-state index < -0.39 is 18.5 Å². The van der Waals surface area contributed by atoms with Crippen LogP contribution in [0.2, 0.25) is 0 Å². The van der Waals surface area contributed by atoms with Crippen LogP contribution < -0.4 is 15.5 Å². The van der Waals surface area contributed by atoms with Crippen LogP contribution in [0.15, 0.2) is 42.7 Å². The monoisotopic (exact) mass is 371 g/mol. The summed E-state index contributed by atoms with van der Waals surface area (Å²) in [6.07, 6.45) is 3.12. The Morgan fingerprint density at radius 3 is 2.59 bits per heavy atom. The molecule has 0 fully saturated rings. The van der Waals surface area contributed by atoms with E-state index in [2.05, 4.69) is 20.6 Å². The van der Waals surface area contributed by atoms with Gasteiger partial charge < -0.3 is 20.3 Å². The highest BCUT2D eigenvalue weighted by molar-refractivity contribution is 5.97. The molecule has 0 bridgehead atoms. The van der Waals surface area contributed by atoms with Crippen molar-refractivity contribution in [2.75, 3.05) is 37.0 Å². The van der Waals surface area contributed by atoms with E-state index in [0.29, 0.717) is 23.7 Å². The first kappa shape index (κ1) is 19.8. The Morgan fingerprint density at radius 2 is 1.89 bits per heavy atom. The number of amides is 2. The van der Waals surface area contributed by atoms with E-state index in [-0.39, 0.29) is 12.5 Å². The Kier molecular flexibility index (Phi) is 7.24. The summed E-state index contributed by atoms with van der Waals surface area (Å²) in [5.41, 5.74) is 0.866. The first-order valence-corrected chi connectivity index (χ1v) is 8.31. The number of carbonyl (C=O) groups is 3. The van der Waals surface area contributed by atoms with E-state index in [1.807, 2.05) is 6.92 Å². The van der Waals surface area contributed by atoms with E-state index in [9.17, 15) is 14.4 Å². The number of anilines is 2. The fourth-order valence-electron chi connectivity index (χ4n) is 2.14. The fourth-order valence-corrected chi connectivity index (χ4v) is 2.14. The van der Waals surface area contributed by atoms with Crippen molar-refractivity contribution < 1.29 is 19.1 Å². The zero-order valence-corrected chi connectivity index (χ0v) is 15.1. The van der Waals surface area contributed by atoms with Gasteiger partial charge in [-0.05, 0) is 31.2 Å². The van der Waals surface area contributed by atoms with Crippen LogP contribution >= 0.6 is 0 Å². The number of benzene rings is 1. The van der Waals surface area contributed by atoms with Gasteiger partial charge in [-0.3, -0.25) is 14.4 Å². The molecule has 0 unspecified atom stereocenters. The van der Waals surface area contributed by atoms with Crippen molar-refractivity contribution in [3.8, 4) is 0 Å². The molecular weight excluding hydrogens is 350 g/mol. The van der Waals surface area contributed by atoms with Gasteiger partial charge in [-0.2, -0.15) is 0 Å². The van der Waals surface area contributed by atoms with Crippen LogP contribution in [-0.2, 0) is 14.3 Å². The summed E-state index contributed by atoms with van der Waals surface area (Å²) in [4.78, 5) is 45.1. The Morgan fingerprint density at radius 1 is 1.15 bits per heavy atom. The van der Waals surface area contributed by atoms with Crippen molar-refractivity contribution >= 4 is 29.4 Å². The number of ether oxygens (including phenoxy) is 1. The molecule has 1 aromatic carbocycles. The first-order valence-electron chi connectivity index (χ1n) is 8.31. The zero-order chi connectivity index (χ0) is 19.6. The average molecular weight is 371 g/mol. The lowest BCUT2D eigenvalue weighted by Crippen LogP contribution is -2.30. The van der Waals surface area contributed by atoms with Gasteiger partial charge >= 0.3 is 5.97 Å². The minimum Gasteiger partial charge on any atom is -0.454 e. The molecule has 142 valence electrons. The molecule has 0 aliphatic heterocycles. The molecule has 0 saturated heterocycles. The summed E-state index contributed by atoms with van der Waals surface area (Å²) in [7, 11) is 1.64. The Bertz CT molecular complexity index is 797. The lowest BCUT2D eigenvalue weighted by atomic mass is 10.2. The molecule has 1 heterocycles. The normalized spacial score (nSPS) is 10.0. The topological polar surface area (TPSA) is 114 Å². The third-order valence-corrected chi connectivity index (χ3v) is 3.37. The molecule has 2 rings (SSSR count). The highest BCUT2D eigenvalue weighted by Crippen LogP contribution is 2.10. The molecule has 2 N–H and O–H groups in total. The average Bonchev–Trinajstić information content (AvgIpc) is 2.67. The maximum atomic E-state index is 12.0. The highest BCUT2D eigenvalue weighted by atomic mass is 16.5. The fraction of sp³-hybridized carbons (Fsp3) is 0.278. The van der Waals surface area contributed by atoms with Gasteiger partial charge in [0.25, 0.3) is 11.8 Å². The Labute approximate surface area is 156 Å². The summed E-state index contributed by atoms with van der Waals surface area (Å²) < 4.78 is 4.96. The van der Waals surface area contributed by atoms with E-state index in [0.717, 1.165) is 0 Å². The standard InChI is InChI=1S/C18H21N5O4/c1-3-19-17(26)13-6-4-7-14(10-13)22-15(24)12-27-16(25)11-23(2)18-20-8-5-9-21-18/h4-10H,3,11-12H2,1-2H3,(H,19,26)(H,22,24). The molecule has 0 spiro atoms. The second-order valence-corrected chi connectivity index (χ2v) is 5.55. The van der Waals surface area contributed by atoms with E-state index >= 15 is 0 Å². The predicted molar refractivity (Wildman–Crippen MR) is 99.3 cm³/mol. The summed E-state index contributed by atoms with van der Waals surface area (Å²) in [6, 6.07) is 8.15. The van der Waals surface area contributed by atoms with E-state index in [4.69, 9.17) is 4.74 Å². The lowest BCUT2D eigenvalue weighted by molar-refractivity contribution is -0.145. The largest absolute Gasteiger partial charge is 0.454 e. The van der Waals surface area contributed by atoms with Crippen LogP contribution in [0.5, 0.6) is 0 Å². The molecule has 9 nitrogen and oxygen atoms in total. The molecule has 2 amide bonds.